The van der Waals surface area contributed by atoms with Crippen molar-refractivity contribution in [2.24, 2.45) is 0 Å². The standard InChI is InChI=1S/C18H11N3O2/c19-11-13-7-5-12(6-8-13)9-10-16(22)17-20-15-4-2-1-3-14(15)18(23)21-17/h1-10H,(H,20,21,23)/b10-9+. The van der Waals surface area contributed by atoms with Crippen molar-refractivity contribution < 1.29 is 4.79 Å². The molecule has 0 saturated carbocycles. The molecule has 23 heavy (non-hydrogen) atoms. The van der Waals surface area contributed by atoms with Gasteiger partial charge in [0.15, 0.2) is 5.82 Å². The van der Waals surface area contributed by atoms with Crippen LogP contribution in [0, 0.1) is 11.3 Å². The molecule has 0 spiro atoms. The Balaban J connectivity index is 1.89. The fourth-order valence-corrected chi connectivity index (χ4v) is 2.12. The van der Waals surface area contributed by atoms with Crippen molar-refractivity contribution in [3.05, 3.63) is 81.9 Å². The van der Waals surface area contributed by atoms with E-state index in [-0.39, 0.29) is 11.4 Å². The molecule has 0 atom stereocenters. The third kappa shape index (κ3) is 3.06. The highest BCUT2D eigenvalue weighted by Crippen LogP contribution is 2.08. The molecule has 3 rings (SSSR count). The van der Waals surface area contributed by atoms with Crippen LogP contribution in [0.1, 0.15) is 21.7 Å². The van der Waals surface area contributed by atoms with Gasteiger partial charge < -0.3 is 4.98 Å². The first-order valence-electron chi connectivity index (χ1n) is 6.89. The van der Waals surface area contributed by atoms with E-state index in [1.165, 1.54) is 6.08 Å². The minimum absolute atomic E-state index is 0.00130. The first-order valence-corrected chi connectivity index (χ1v) is 6.89. The Morgan fingerprint density at radius 3 is 2.61 bits per heavy atom. The summed E-state index contributed by atoms with van der Waals surface area (Å²) in [5.74, 6) is -0.393. The Labute approximate surface area is 131 Å². The molecule has 0 aliphatic heterocycles. The molecule has 1 N–H and O–H groups in total. The molecule has 5 nitrogen and oxygen atoms in total. The number of nitriles is 1. The molecule has 110 valence electrons. The summed E-state index contributed by atoms with van der Waals surface area (Å²) in [6.45, 7) is 0. The highest BCUT2D eigenvalue weighted by molar-refractivity contribution is 6.05. The number of fused-ring (bicyclic) bond motifs is 1. The number of carbonyl (C=O) groups excluding carboxylic acids is 1. The van der Waals surface area contributed by atoms with Crippen LogP contribution < -0.4 is 5.56 Å². The third-order valence-corrected chi connectivity index (χ3v) is 3.31. The zero-order valence-electron chi connectivity index (χ0n) is 12.0. The van der Waals surface area contributed by atoms with E-state index in [1.54, 1.807) is 54.6 Å². The summed E-state index contributed by atoms with van der Waals surface area (Å²) in [6.07, 6.45) is 2.95. The van der Waals surface area contributed by atoms with Crippen molar-refractivity contribution in [2.75, 3.05) is 0 Å². The highest BCUT2D eigenvalue weighted by Gasteiger charge is 2.08. The van der Waals surface area contributed by atoms with Gasteiger partial charge in [-0.1, -0.05) is 30.3 Å². The van der Waals surface area contributed by atoms with Gasteiger partial charge in [0.25, 0.3) is 5.56 Å². The maximum Gasteiger partial charge on any atom is 0.259 e. The minimum atomic E-state index is -0.391. The van der Waals surface area contributed by atoms with Crippen LogP contribution in [0.5, 0.6) is 0 Å². The lowest BCUT2D eigenvalue weighted by Crippen LogP contribution is -2.14. The van der Waals surface area contributed by atoms with Crippen molar-refractivity contribution in [3.8, 4) is 6.07 Å². The maximum atomic E-state index is 12.2. The quantitative estimate of drug-likeness (QED) is 0.595. The van der Waals surface area contributed by atoms with Gasteiger partial charge in [0.05, 0.1) is 22.5 Å². The lowest BCUT2D eigenvalue weighted by atomic mass is 10.1. The second-order valence-corrected chi connectivity index (χ2v) is 4.86. The van der Waals surface area contributed by atoms with Crippen LogP contribution in [-0.2, 0) is 0 Å². The second-order valence-electron chi connectivity index (χ2n) is 4.86. The van der Waals surface area contributed by atoms with Gasteiger partial charge in [0, 0.05) is 0 Å². The van der Waals surface area contributed by atoms with Crippen molar-refractivity contribution in [1.29, 1.82) is 5.26 Å². The van der Waals surface area contributed by atoms with Gasteiger partial charge >= 0.3 is 0 Å². The number of rotatable bonds is 3. The van der Waals surface area contributed by atoms with Crippen LogP contribution in [0.25, 0.3) is 17.0 Å². The number of aromatic nitrogens is 2. The Kier molecular flexibility index (Phi) is 3.81. The largest absolute Gasteiger partial charge is 0.303 e. The molecule has 5 heteroatoms. The highest BCUT2D eigenvalue weighted by atomic mass is 16.1. The predicted octanol–water partition coefficient (Wildman–Crippen LogP) is 2.69. The summed E-state index contributed by atoms with van der Waals surface area (Å²) in [5, 5.41) is 9.19. The smallest absolute Gasteiger partial charge is 0.259 e. The topological polar surface area (TPSA) is 86.6 Å². The summed E-state index contributed by atoms with van der Waals surface area (Å²) in [4.78, 5) is 30.8. The number of para-hydroxylation sites is 1. The van der Waals surface area contributed by atoms with E-state index in [0.717, 1.165) is 5.56 Å². The summed E-state index contributed by atoms with van der Waals surface area (Å²) >= 11 is 0. The van der Waals surface area contributed by atoms with E-state index in [0.29, 0.717) is 16.5 Å². The van der Waals surface area contributed by atoms with Gasteiger partial charge in [-0.25, -0.2) is 4.98 Å². The van der Waals surface area contributed by atoms with Gasteiger partial charge in [-0.15, -0.1) is 0 Å². The average Bonchev–Trinajstić information content (AvgIpc) is 2.60. The zero-order valence-corrected chi connectivity index (χ0v) is 12.0. The molecule has 0 fully saturated rings. The molecule has 0 saturated heterocycles. The summed E-state index contributed by atoms with van der Waals surface area (Å²) in [6, 6.07) is 15.7. The number of hydrogen-bond donors (Lipinski definition) is 1. The van der Waals surface area contributed by atoms with E-state index < -0.39 is 5.78 Å². The van der Waals surface area contributed by atoms with Crippen LogP contribution in [0.2, 0.25) is 0 Å². The van der Waals surface area contributed by atoms with Crippen molar-refractivity contribution in [1.82, 2.24) is 9.97 Å². The zero-order chi connectivity index (χ0) is 16.2. The molecule has 1 heterocycles. The number of carbonyl (C=O) groups is 1. The molecule has 2 aromatic carbocycles. The monoisotopic (exact) mass is 301 g/mol. The van der Waals surface area contributed by atoms with E-state index in [9.17, 15) is 9.59 Å². The molecule has 0 aliphatic rings. The van der Waals surface area contributed by atoms with E-state index >= 15 is 0 Å². The van der Waals surface area contributed by atoms with Crippen LogP contribution in [0.15, 0.2) is 59.4 Å². The maximum absolute atomic E-state index is 12.2. The normalized spacial score (nSPS) is 10.7. The molecule has 0 amide bonds. The number of allylic oxidation sites excluding steroid dienone is 1. The summed E-state index contributed by atoms with van der Waals surface area (Å²) in [5.41, 5.74) is 1.46. The fourth-order valence-electron chi connectivity index (χ4n) is 2.12. The molecule has 3 aromatic rings. The molecule has 0 radical (unpaired) electrons. The second kappa shape index (κ2) is 6.08. The first kappa shape index (κ1) is 14.4. The van der Waals surface area contributed by atoms with Crippen LogP contribution >= 0.6 is 0 Å². The van der Waals surface area contributed by atoms with E-state index in [2.05, 4.69) is 9.97 Å². The van der Waals surface area contributed by atoms with E-state index in [1.807, 2.05) is 6.07 Å². The average molecular weight is 301 g/mol. The van der Waals surface area contributed by atoms with Crippen LogP contribution in [0.4, 0.5) is 0 Å². The summed E-state index contributed by atoms with van der Waals surface area (Å²) < 4.78 is 0. The van der Waals surface area contributed by atoms with Crippen LogP contribution in [-0.4, -0.2) is 15.8 Å². The minimum Gasteiger partial charge on any atom is -0.303 e. The lowest BCUT2D eigenvalue weighted by molar-refractivity contribution is 0.103. The Morgan fingerprint density at radius 2 is 1.87 bits per heavy atom. The Bertz CT molecular complexity index is 1010. The fraction of sp³-hybridized carbons (Fsp3) is 0. The number of H-pyrrole nitrogens is 1. The van der Waals surface area contributed by atoms with Crippen molar-refractivity contribution in [3.63, 3.8) is 0 Å². The third-order valence-electron chi connectivity index (χ3n) is 3.31. The van der Waals surface area contributed by atoms with Gasteiger partial charge in [0.2, 0.25) is 5.78 Å². The Hall–Kier alpha value is -3.52. The van der Waals surface area contributed by atoms with Crippen molar-refractivity contribution >= 4 is 22.8 Å². The lowest BCUT2D eigenvalue weighted by Gasteiger charge is -1.99. The number of ketones is 1. The number of hydrogen-bond acceptors (Lipinski definition) is 4. The molecular formula is C18H11N3O2. The number of nitrogens with one attached hydrogen (secondary N) is 1. The predicted molar refractivity (Wildman–Crippen MR) is 86.9 cm³/mol. The van der Waals surface area contributed by atoms with Gasteiger partial charge in [-0.2, -0.15) is 5.26 Å². The summed E-state index contributed by atoms with van der Waals surface area (Å²) in [7, 11) is 0. The van der Waals surface area contributed by atoms with Gasteiger partial charge in [-0.3, -0.25) is 9.59 Å². The van der Waals surface area contributed by atoms with E-state index in [4.69, 9.17) is 5.26 Å². The van der Waals surface area contributed by atoms with Gasteiger partial charge in [0.1, 0.15) is 0 Å². The number of benzene rings is 2. The van der Waals surface area contributed by atoms with Crippen LogP contribution in [0.3, 0.4) is 0 Å². The molecule has 0 aliphatic carbocycles. The SMILES string of the molecule is N#Cc1ccc(/C=C/C(=O)c2nc3ccccc3c(=O)[nH]2)cc1. The molecule has 0 bridgehead atoms. The van der Waals surface area contributed by atoms with Gasteiger partial charge in [-0.05, 0) is 35.9 Å². The van der Waals surface area contributed by atoms with Crippen molar-refractivity contribution in [2.45, 2.75) is 0 Å². The first-order chi connectivity index (χ1) is 11.2. The molecule has 0 unspecified atom stereocenters. The molecule has 1 aromatic heterocycles. The molecular weight excluding hydrogens is 290 g/mol. The number of aromatic amines is 1. The number of nitrogens with zero attached hydrogens (tertiary/aromatic N) is 2. The Morgan fingerprint density at radius 1 is 1.13 bits per heavy atom.